The Morgan fingerprint density at radius 2 is 2.11 bits per heavy atom. The van der Waals surface area contributed by atoms with Crippen molar-refractivity contribution in [3.8, 4) is 0 Å². The van der Waals surface area contributed by atoms with Crippen LogP contribution in [0.2, 0.25) is 0 Å². The van der Waals surface area contributed by atoms with Gasteiger partial charge in [0.25, 0.3) is 0 Å². The molecule has 2 aromatic rings. The van der Waals surface area contributed by atoms with Crippen molar-refractivity contribution in [3.05, 3.63) is 26.7 Å². The Hall–Kier alpha value is -0.850. The molecule has 0 amide bonds. The molecule has 0 spiro atoms. The maximum absolute atomic E-state index is 10.3. The summed E-state index contributed by atoms with van der Waals surface area (Å²) in [5.74, 6) is 0. The van der Waals surface area contributed by atoms with Gasteiger partial charge in [-0.15, -0.1) is 16.4 Å². The van der Waals surface area contributed by atoms with Crippen molar-refractivity contribution < 1.29 is 5.11 Å². The predicted octanol–water partition coefficient (Wildman–Crippen LogP) is 3.13. The predicted molar refractivity (Wildman–Crippen MR) is 78.8 cm³/mol. The highest BCUT2D eigenvalue weighted by atomic mass is 32.1. The molecule has 1 atom stereocenters. The summed E-state index contributed by atoms with van der Waals surface area (Å²) >= 11 is 2.89. The van der Waals surface area contributed by atoms with E-state index in [-0.39, 0.29) is 5.41 Å². The van der Waals surface area contributed by atoms with Crippen LogP contribution in [0.1, 0.15) is 55.1 Å². The highest BCUT2D eigenvalue weighted by molar-refractivity contribution is 7.09. The second-order valence-corrected chi connectivity index (χ2v) is 7.26. The Bertz CT molecular complexity index is 542. The zero-order chi connectivity index (χ0) is 14.0. The van der Waals surface area contributed by atoms with Crippen LogP contribution in [0.15, 0.2) is 5.38 Å². The summed E-state index contributed by atoms with van der Waals surface area (Å²) in [6, 6.07) is 0. The summed E-state index contributed by atoms with van der Waals surface area (Å²) in [5, 5.41) is 17.4. The van der Waals surface area contributed by atoms with Crippen molar-refractivity contribution in [2.45, 2.75) is 52.1 Å². The van der Waals surface area contributed by atoms with Crippen LogP contribution in [-0.2, 0) is 18.3 Å². The number of hydrogen-bond donors (Lipinski definition) is 1. The standard InChI is InChI=1S/C13H19N3OS2/c1-5-8-12(19-16-15-8)9(17)6-11-14-10(7-18-11)13(2,3)4/h7,9,17H,5-6H2,1-4H3. The Morgan fingerprint density at radius 3 is 2.68 bits per heavy atom. The molecule has 0 bridgehead atoms. The average molecular weight is 297 g/mol. The second kappa shape index (κ2) is 5.64. The molecule has 2 heterocycles. The Balaban J connectivity index is 2.11. The highest BCUT2D eigenvalue weighted by Gasteiger charge is 2.21. The number of nitrogens with zero attached hydrogens (tertiary/aromatic N) is 3. The quantitative estimate of drug-likeness (QED) is 0.942. The van der Waals surface area contributed by atoms with Gasteiger partial charge >= 0.3 is 0 Å². The molecule has 1 N–H and O–H groups in total. The average Bonchev–Trinajstić information content (AvgIpc) is 2.95. The second-order valence-electron chi connectivity index (χ2n) is 5.53. The first-order valence-corrected chi connectivity index (χ1v) is 8.01. The van der Waals surface area contributed by atoms with Crippen LogP contribution in [-0.4, -0.2) is 19.7 Å². The lowest BCUT2D eigenvalue weighted by Crippen LogP contribution is -2.12. The van der Waals surface area contributed by atoms with Crippen molar-refractivity contribution in [3.63, 3.8) is 0 Å². The normalized spacial score (nSPS) is 13.7. The number of rotatable bonds is 4. The Labute approximate surface area is 121 Å². The number of thiazole rings is 1. The number of aliphatic hydroxyl groups excluding tert-OH is 1. The van der Waals surface area contributed by atoms with E-state index in [0.717, 1.165) is 27.7 Å². The van der Waals surface area contributed by atoms with Gasteiger partial charge in [0, 0.05) is 17.2 Å². The fraction of sp³-hybridized carbons (Fsp3) is 0.615. The van der Waals surface area contributed by atoms with Crippen molar-refractivity contribution in [1.29, 1.82) is 0 Å². The van der Waals surface area contributed by atoms with Gasteiger partial charge in [0.05, 0.1) is 27.4 Å². The first kappa shape index (κ1) is 14.6. The van der Waals surface area contributed by atoms with E-state index in [2.05, 4.69) is 40.7 Å². The third kappa shape index (κ3) is 3.38. The SMILES string of the molecule is CCc1nnsc1C(O)Cc1nc(C(C)(C)C)cs1. The molecule has 0 aromatic carbocycles. The minimum atomic E-state index is -0.547. The molecule has 0 aliphatic rings. The molecule has 0 aliphatic carbocycles. The van der Waals surface area contributed by atoms with Gasteiger partial charge in [0.15, 0.2) is 0 Å². The number of hydrogen-bond acceptors (Lipinski definition) is 6. The lowest BCUT2D eigenvalue weighted by molar-refractivity contribution is 0.181. The summed E-state index contributed by atoms with van der Waals surface area (Å²) in [6.45, 7) is 8.45. The van der Waals surface area contributed by atoms with Gasteiger partial charge in [-0.05, 0) is 18.0 Å². The molecule has 2 rings (SSSR count). The van der Waals surface area contributed by atoms with Crippen LogP contribution in [0.3, 0.4) is 0 Å². The first-order valence-electron chi connectivity index (χ1n) is 6.36. The molecule has 0 radical (unpaired) electrons. The van der Waals surface area contributed by atoms with E-state index in [1.54, 1.807) is 11.3 Å². The van der Waals surface area contributed by atoms with Gasteiger partial charge < -0.3 is 5.11 Å². The minimum Gasteiger partial charge on any atom is -0.387 e. The monoisotopic (exact) mass is 297 g/mol. The van der Waals surface area contributed by atoms with Crippen LogP contribution in [0.5, 0.6) is 0 Å². The van der Waals surface area contributed by atoms with Crippen LogP contribution in [0, 0.1) is 0 Å². The number of aryl methyl sites for hydroxylation is 1. The fourth-order valence-electron chi connectivity index (χ4n) is 1.72. The zero-order valence-corrected chi connectivity index (χ0v) is 13.3. The summed E-state index contributed by atoms with van der Waals surface area (Å²) in [6.07, 6.45) is 0.792. The molecule has 0 saturated heterocycles. The van der Waals surface area contributed by atoms with E-state index in [9.17, 15) is 5.11 Å². The molecular weight excluding hydrogens is 278 g/mol. The number of aliphatic hydroxyl groups is 1. The third-order valence-electron chi connectivity index (χ3n) is 2.91. The van der Waals surface area contributed by atoms with Crippen LogP contribution in [0.4, 0.5) is 0 Å². The summed E-state index contributed by atoms with van der Waals surface area (Å²) in [4.78, 5) is 5.48. The van der Waals surface area contributed by atoms with Gasteiger partial charge in [-0.3, -0.25) is 0 Å². The van der Waals surface area contributed by atoms with Gasteiger partial charge in [-0.2, -0.15) is 0 Å². The topological polar surface area (TPSA) is 58.9 Å². The smallest absolute Gasteiger partial charge is 0.0980 e. The van der Waals surface area contributed by atoms with Crippen LogP contribution in [0.25, 0.3) is 0 Å². The highest BCUT2D eigenvalue weighted by Crippen LogP contribution is 2.28. The molecule has 4 nitrogen and oxygen atoms in total. The molecule has 6 heteroatoms. The lowest BCUT2D eigenvalue weighted by Gasteiger charge is -2.14. The van der Waals surface area contributed by atoms with Crippen molar-refractivity contribution >= 4 is 22.9 Å². The summed E-state index contributed by atoms with van der Waals surface area (Å²) < 4.78 is 3.91. The number of aromatic nitrogens is 3. The first-order chi connectivity index (χ1) is 8.91. The lowest BCUT2D eigenvalue weighted by atomic mass is 9.93. The zero-order valence-electron chi connectivity index (χ0n) is 11.7. The third-order valence-corrected chi connectivity index (χ3v) is 4.65. The maximum Gasteiger partial charge on any atom is 0.0980 e. The fourth-order valence-corrected chi connectivity index (χ4v) is 3.50. The van der Waals surface area contributed by atoms with Crippen LogP contribution >= 0.6 is 22.9 Å². The molecular formula is C13H19N3OS2. The van der Waals surface area contributed by atoms with E-state index in [1.165, 1.54) is 11.5 Å². The van der Waals surface area contributed by atoms with E-state index in [0.29, 0.717) is 6.42 Å². The summed E-state index contributed by atoms with van der Waals surface area (Å²) in [7, 11) is 0. The van der Waals surface area contributed by atoms with E-state index < -0.39 is 6.10 Å². The maximum atomic E-state index is 10.3. The molecule has 0 fully saturated rings. The van der Waals surface area contributed by atoms with E-state index in [4.69, 9.17) is 0 Å². The van der Waals surface area contributed by atoms with Crippen molar-refractivity contribution in [2.75, 3.05) is 0 Å². The van der Waals surface area contributed by atoms with Crippen molar-refractivity contribution in [2.24, 2.45) is 0 Å². The molecule has 1 unspecified atom stereocenters. The van der Waals surface area contributed by atoms with Crippen LogP contribution < -0.4 is 0 Å². The largest absolute Gasteiger partial charge is 0.387 e. The van der Waals surface area contributed by atoms with Gasteiger partial charge in [-0.25, -0.2) is 4.98 Å². The molecule has 0 aliphatic heterocycles. The van der Waals surface area contributed by atoms with Crippen molar-refractivity contribution in [1.82, 2.24) is 14.6 Å². The molecule has 19 heavy (non-hydrogen) atoms. The Kier molecular flexibility index (Phi) is 4.32. The van der Waals surface area contributed by atoms with Gasteiger partial charge in [0.1, 0.15) is 0 Å². The van der Waals surface area contributed by atoms with Gasteiger partial charge in [0.2, 0.25) is 0 Å². The summed E-state index contributed by atoms with van der Waals surface area (Å²) in [5.41, 5.74) is 2.03. The molecule has 104 valence electrons. The minimum absolute atomic E-state index is 0.0559. The van der Waals surface area contributed by atoms with E-state index >= 15 is 0 Å². The molecule has 2 aromatic heterocycles. The Morgan fingerprint density at radius 1 is 1.37 bits per heavy atom. The molecule has 0 saturated carbocycles. The van der Waals surface area contributed by atoms with E-state index in [1.807, 2.05) is 6.92 Å². The van der Waals surface area contributed by atoms with Gasteiger partial charge in [-0.1, -0.05) is 32.2 Å².